The first-order valence-corrected chi connectivity index (χ1v) is 7.56. The van der Waals surface area contributed by atoms with Crippen LogP contribution in [0.5, 0.6) is 0 Å². The Kier molecular flexibility index (Phi) is 4.82. The van der Waals surface area contributed by atoms with Crippen molar-refractivity contribution >= 4 is 32.4 Å². The molecular weight excluding hydrogens is 546 g/mol. The van der Waals surface area contributed by atoms with E-state index < -0.39 is 30.2 Å². The fourth-order valence-electron chi connectivity index (χ4n) is 1.78. The molecule has 0 aromatic rings. The van der Waals surface area contributed by atoms with Crippen molar-refractivity contribution in [2.45, 2.75) is 0 Å². The molecule has 0 aromatic carbocycles. The number of fused-ring (bicyclic) bond motifs is 4. The Morgan fingerprint density at radius 3 is 1.64 bits per heavy atom. The standard InChI is InChI=1S/H14IN14O12P/c1-16-15(28)21-9-19-10(3)17-8(2)18-11(4)23-13(6,22-10)25-12(5,20-9)26-14(7,24-11)27-15/h2-7,28H2/q+6. The van der Waals surface area contributed by atoms with Gasteiger partial charge in [-0.25, -0.2) is 5.84 Å². The van der Waals surface area contributed by atoms with Crippen LogP contribution in [0, 0.1) is 0 Å². The van der Waals surface area contributed by atoms with Crippen molar-refractivity contribution in [2.24, 2.45) is 35.1 Å². The molecule has 6 bridgehead atoms. The highest BCUT2D eigenvalue weighted by Crippen LogP contribution is 2.38. The molecule has 4 aliphatic heterocycles. The van der Waals surface area contributed by atoms with E-state index in [4.69, 9.17) is 92.5 Å². The Hall–Kier alpha value is 0.120. The topological polar surface area (TPSA) is 273 Å². The van der Waals surface area contributed by atoms with Crippen LogP contribution in [0.1, 0.15) is 0 Å². The van der Waals surface area contributed by atoms with Crippen LogP contribution in [0.25, 0.3) is 0 Å². The molecule has 8 unspecified atom stereocenters. The highest BCUT2D eigenvalue weighted by Gasteiger charge is 2.82. The Balaban J connectivity index is 1.89. The number of quaternary nitrogens is 6. The largest absolute Gasteiger partial charge is 0.359 e. The molecule has 26 nitrogen and oxygen atoms in total. The second-order valence-electron chi connectivity index (χ2n) is 4.72. The number of hydrazine groups is 1. The second-order valence-corrected chi connectivity index (χ2v) is 5.74. The van der Waals surface area contributed by atoms with E-state index in [1.54, 1.807) is 0 Å². The Labute approximate surface area is 166 Å². The second kappa shape index (κ2) is 6.32. The van der Waals surface area contributed by atoms with Gasteiger partial charge in [0.1, 0.15) is 5.34 Å². The fourth-order valence-corrected chi connectivity index (χ4v) is 2.13. The average molecular weight is 560 g/mol. The summed E-state index contributed by atoms with van der Waals surface area (Å²) in [6, 6.07) is 0. The van der Waals surface area contributed by atoms with Gasteiger partial charge in [0.2, 0.25) is 24.5 Å². The van der Waals surface area contributed by atoms with Crippen molar-refractivity contribution in [3.63, 3.8) is 0 Å². The van der Waals surface area contributed by atoms with Gasteiger partial charge in [-0.05, 0) is 0 Å². The molecule has 4 saturated heterocycles. The van der Waals surface area contributed by atoms with Crippen LogP contribution in [-0.2, 0) is 57.5 Å². The van der Waals surface area contributed by atoms with E-state index in [9.17, 15) is 0 Å². The predicted octanol–water partition coefficient (Wildman–Crippen LogP) is -5.83. The quantitative estimate of drug-likeness (QED) is 0.0754. The van der Waals surface area contributed by atoms with Gasteiger partial charge in [-0.3, -0.25) is 0 Å². The third kappa shape index (κ3) is 4.01. The number of hydrogen-bond acceptors (Lipinski definition) is 20. The molecule has 28 heteroatoms. The van der Waals surface area contributed by atoms with Crippen LogP contribution in [0.15, 0.2) is 0 Å². The maximum absolute atomic E-state index is 5.75. The summed E-state index contributed by atoms with van der Waals surface area (Å²) in [5.41, 5.74) is 0. The third-order valence-corrected chi connectivity index (χ3v) is 3.66. The monoisotopic (exact) mass is 560 g/mol. The highest BCUT2D eigenvalue weighted by molar-refractivity contribution is 14.1. The van der Waals surface area contributed by atoms with Crippen LogP contribution in [-0.4, -0.2) is 40.9 Å². The normalized spacial score (nSPS) is 57.6. The Bertz CT molecular complexity index is 654. The zero-order valence-electron chi connectivity index (χ0n) is 12.9. The van der Waals surface area contributed by atoms with Gasteiger partial charge >= 0.3 is 20.3 Å². The van der Waals surface area contributed by atoms with Crippen molar-refractivity contribution in [3.8, 4) is 0 Å². The van der Waals surface area contributed by atoms with Crippen molar-refractivity contribution in [2.75, 3.05) is 0 Å². The molecule has 28 heavy (non-hydrogen) atoms. The molecule has 12 N–H and O–H groups in total. The van der Waals surface area contributed by atoms with Gasteiger partial charge in [-0.15, -0.1) is 0 Å². The lowest BCUT2D eigenvalue weighted by molar-refractivity contribution is -1.83. The van der Waals surface area contributed by atoms with E-state index in [-0.39, 0.29) is 10.7 Å². The molecule has 0 saturated carbocycles. The first kappa shape index (κ1) is 21.4. The number of nitrogens with two attached hydrogens (primary N) is 6. The third-order valence-electron chi connectivity index (χ3n) is 2.39. The lowest BCUT2D eigenvalue weighted by atomic mass is 12.1. The van der Waals surface area contributed by atoms with E-state index in [0.29, 0.717) is 0 Å². The van der Waals surface area contributed by atoms with E-state index in [0.717, 1.165) is 0 Å². The summed E-state index contributed by atoms with van der Waals surface area (Å²) in [5, 5.41) is -10.9. The first-order chi connectivity index (χ1) is 12.7. The SMILES string of the molecule is NN1O[N+]2(N)ON3O[N+]4(N)O[N+](N)(O2)O[N+](N)(O1)O[N+](N)(O4)O[N+](P)(OI)O3. The molecule has 8 atom stereocenters. The predicted molar refractivity (Wildman–Crippen MR) is 67.1 cm³/mol. The van der Waals surface area contributed by atoms with Crippen LogP contribution in [0.3, 0.4) is 0 Å². The maximum atomic E-state index is 5.75. The lowest BCUT2D eigenvalue weighted by Gasteiger charge is -2.37. The van der Waals surface area contributed by atoms with Gasteiger partial charge in [0.25, 0.3) is 10.5 Å². The van der Waals surface area contributed by atoms with Crippen LogP contribution >= 0.6 is 32.4 Å². The number of nitrogens with zero attached hydrogens (tertiary/aromatic N) is 8. The fraction of sp³-hybridized carbons (Fsp3) is 0. The molecule has 0 aliphatic carbocycles. The molecule has 162 valence electrons. The number of hydrogen-bond donors (Lipinski definition) is 6. The summed E-state index contributed by atoms with van der Waals surface area (Å²) in [7, 11) is 1.81. The van der Waals surface area contributed by atoms with E-state index in [2.05, 4.69) is 0 Å². The van der Waals surface area contributed by atoms with Gasteiger partial charge in [0.15, 0.2) is 42.3 Å². The van der Waals surface area contributed by atoms with Gasteiger partial charge in [0.05, 0.1) is 9.88 Å². The average Bonchev–Trinajstić information content (AvgIpc) is 2.37. The zero-order valence-corrected chi connectivity index (χ0v) is 16.2. The van der Waals surface area contributed by atoms with Crippen LogP contribution < -0.4 is 35.1 Å². The summed E-state index contributed by atoms with van der Waals surface area (Å²) in [5.74, 6) is 33.8. The van der Waals surface area contributed by atoms with Gasteiger partial charge in [0, 0.05) is 14.8 Å². The lowest BCUT2D eigenvalue weighted by Crippen LogP contribution is -2.87. The summed E-state index contributed by atoms with van der Waals surface area (Å²) >= 11 is 1.30. The molecule has 4 heterocycles. The van der Waals surface area contributed by atoms with E-state index in [1.807, 2.05) is 9.39 Å². The molecule has 4 rings (SSSR count). The van der Waals surface area contributed by atoms with Gasteiger partial charge in [-0.1, -0.05) is 32.4 Å². The van der Waals surface area contributed by atoms with Gasteiger partial charge < -0.3 is 0 Å². The zero-order chi connectivity index (χ0) is 20.6. The maximum Gasteiger partial charge on any atom is 0.359 e. The molecule has 4 fully saturated rings. The van der Waals surface area contributed by atoms with Crippen molar-refractivity contribution in [1.29, 1.82) is 0 Å². The minimum Gasteiger partial charge on any atom is -0.209 e. The molecule has 0 spiro atoms. The van der Waals surface area contributed by atoms with Crippen LogP contribution in [0.4, 0.5) is 0 Å². The number of rotatable bonds is 1. The Morgan fingerprint density at radius 2 is 1.07 bits per heavy atom. The minimum atomic E-state index is -2.19. The van der Waals surface area contributed by atoms with Crippen molar-refractivity contribution in [3.05, 3.63) is 0 Å². The smallest absolute Gasteiger partial charge is 0.209 e. The summed E-state index contributed by atoms with van der Waals surface area (Å²) in [6.45, 7) is 0. The Morgan fingerprint density at radius 1 is 0.643 bits per heavy atom. The molecule has 4 aliphatic rings. The summed E-state index contributed by atoms with van der Waals surface area (Å²) in [6.07, 6.45) is 0. The van der Waals surface area contributed by atoms with Crippen LogP contribution in [0.2, 0.25) is 0 Å². The highest BCUT2D eigenvalue weighted by atomic mass is 127. The number of halogens is 1. The molecule has 0 aromatic heterocycles. The van der Waals surface area contributed by atoms with E-state index in [1.165, 1.54) is 23.0 Å². The van der Waals surface area contributed by atoms with Gasteiger partial charge in [-0.2, -0.15) is 0 Å². The van der Waals surface area contributed by atoms with E-state index >= 15 is 0 Å². The first-order valence-electron chi connectivity index (χ1n) is 6.16. The molecular formula is H14IN14O12P+6. The van der Waals surface area contributed by atoms with Crippen molar-refractivity contribution < 1.29 is 87.6 Å². The van der Waals surface area contributed by atoms with Crippen molar-refractivity contribution in [1.82, 2.24) is 10.7 Å². The molecule has 0 radical (unpaired) electrons. The summed E-state index contributed by atoms with van der Waals surface area (Å²) < 4.78 is 3.29. The minimum absolute atomic E-state index is 0.0692. The summed E-state index contributed by atoms with van der Waals surface area (Å²) in [4.78, 5) is 54.2. The molecule has 0 amide bonds.